The lowest BCUT2D eigenvalue weighted by Gasteiger charge is -2.06. The van der Waals surface area contributed by atoms with Gasteiger partial charge in [0.05, 0.1) is 6.20 Å². The first-order valence-electron chi connectivity index (χ1n) is 10.3. The van der Waals surface area contributed by atoms with E-state index in [0.717, 1.165) is 37.6 Å². The molecule has 32 heavy (non-hydrogen) atoms. The first-order valence-corrected chi connectivity index (χ1v) is 10.3. The van der Waals surface area contributed by atoms with Crippen LogP contribution in [0.5, 0.6) is 5.75 Å². The van der Waals surface area contributed by atoms with Gasteiger partial charge in [0.1, 0.15) is 35.9 Å². The van der Waals surface area contributed by atoms with Gasteiger partial charge in [-0.1, -0.05) is 17.3 Å². The summed E-state index contributed by atoms with van der Waals surface area (Å²) in [6, 6.07) is 11.4. The fourth-order valence-corrected chi connectivity index (χ4v) is 3.13. The van der Waals surface area contributed by atoms with E-state index < -0.39 is 11.6 Å². The summed E-state index contributed by atoms with van der Waals surface area (Å²) in [7, 11) is 0. The third-order valence-electron chi connectivity index (χ3n) is 4.82. The second kappa shape index (κ2) is 10.5. The number of aromatic nitrogens is 4. The summed E-state index contributed by atoms with van der Waals surface area (Å²) < 4.78 is 39.6. The van der Waals surface area contributed by atoms with Crippen molar-refractivity contribution in [3.05, 3.63) is 95.5 Å². The Morgan fingerprint density at radius 1 is 1.03 bits per heavy atom. The number of hydrogen-bond acceptors (Lipinski definition) is 5. The number of nitrogens with zero attached hydrogens (tertiary/aromatic N) is 4. The van der Waals surface area contributed by atoms with Gasteiger partial charge in [-0.05, 0) is 55.2 Å². The molecule has 0 fully saturated rings. The second-order valence-corrected chi connectivity index (χ2v) is 7.23. The van der Waals surface area contributed by atoms with Gasteiger partial charge in [-0.25, -0.2) is 13.8 Å². The molecular weight excluding hydrogens is 414 g/mol. The number of unbranched alkanes of at least 4 members (excludes halogenated alkanes) is 1. The summed E-state index contributed by atoms with van der Waals surface area (Å²) in [6.07, 6.45) is 11.1. The second-order valence-electron chi connectivity index (χ2n) is 7.23. The van der Waals surface area contributed by atoms with Crippen molar-refractivity contribution in [2.75, 3.05) is 0 Å². The highest BCUT2D eigenvalue weighted by Crippen LogP contribution is 2.17. The van der Waals surface area contributed by atoms with Gasteiger partial charge < -0.3 is 9.15 Å². The van der Waals surface area contributed by atoms with E-state index in [9.17, 15) is 8.78 Å². The Hall–Kier alpha value is -3.81. The van der Waals surface area contributed by atoms with Gasteiger partial charge in [0.2, 0.25) is 5.89 Å². The van der Waals surface area contributed by atoms with E-state index in [2.05, 4.69) is 27.4 Å². The number of halogens is 2. The van der Waals surface area contributed by atoms with Gasteiger partial charge in [-0.3, -0.25) is 4.68 Å². The molecule has 0 spiro atoms. The maximum Gasteiger partial charge on any atom is 0.218 e. The summed E-state index contributed by atoms with van der Waals surface area (Å²) in [6.45, 7) is 1.12. The normalized spacial score (nSPS) is 11.3. The minimum atomic E-state index is -0.644. The largest absolute Gasteiger partial charge is 0.487 e. The van der Waals surface area contributed by atoms with Crippen LogP contribution in [0.3, 0.4) is 0 Å². The molecule has 0 bridgehead atoms. The van der Waals surface area contributed by atoms with Crippen molar-refractivity contribution in [1.82, 2.24) is 20.0 Å². The predicted octanol–water partition coefficient (Wildman–Crippen LogP) is 5.32. The Morgan fingerprint density at radius 3 is 2.69 bits per heavy atom. The van der Waals surface area contributed by atoms with E-state index in [-0.39, 0.29) is 12.2 Å². The SMILES string of the molecule is Fc1ccc(C=Cc2nc(COc3ccc(CCCCn4ccnn4)cc3)co2)c(F)c1. The van der Waals surface area contributed by atoms with Gasteiger partial charge >= 0.3 is 0 Å². The number of aryl methyl sites for hydroxylation is 2. The number of benzene rings is 2. The van der Waals surface area contributed by atoms with E-state index in [0.29, 0.717) is 11.6 Å². The zero-order chi connectivity index (χ0) is 22.2. The molecule has 4 aromatic rings. The van der Waals surface area contributed by atoms with Gasteiger partial charge in [-0.15, -0.1) is 5.10 Å². The van der Waals surface area contributed by atoms with Crippen LogP contribution in [0.15, 0.2) is 65.5 Å². The molecule has 2 aromatic carbocycles. The topological polar surface area (TPSA) is 66.0 Å². The number of rotatable bonds is 10. The highest BCUT2D eigenvalue weighted by atomic mass is 19.1. The summed E-state index contributed by atoms with van der Waals surface area (Å²) >= 11 is 0. The van der Waals surface area contributed by atoms with E-state index in [4.69, 9.17) is 9.15 Å². The van der Waals surface area contributed by atoms with E-state index in [1.165, 1.54) is 36.1 Å². The number of oxazole rings is 1. The van der Waals surface area contributed by atoms with E-state index >= 15 is 0 Å². The first kappa shape index (κ1) is 21.4. The van der Waals surface area contributed by atoms with Crippen molar-refractivity contribution in [3.8, 4) is 5.75 Å². The lowest BCUT2D eigenvalue weighted by molar-refractivity contribution is 0.301. The Labute approximate surface area is 184 Å². The molecule has 0 saturated carbocycles. The Balaban J connectivity index is 1.22. The maximum atomic E-state index is 13.7. The monoisotopic (exact) mass is 436 g/mol. The minimum absolute atomic E-state index is 0.250. The zero-order valence-corrected chi connectivity index (χ0v) is 17.3. The molecule has 2 heterocycles. The summed E-state index contributed by atoms with van der Waals surface area (Å²) in [5.41, 5.74) is 2.11. The minimum Gasteiger partial charge on any atom is -0.487 e. The number of ether oxygens (including phenoxy) is 1. The van der Waals surface area contributed by atoms with Gasteiger partial charge in [0.25, 0.3) is 0 Å². The lowest BCUT2D eigenvalue weighted by atomic mass is 10.1. The van der Waals surface area contributed by atoms with E-state index in [1.54, 1.807) is 6.20 Å². The quantitative estimate of drug-likeness (QED) is 0.315. The van der Waals surface area contributed by atoms with Crippen LogP contribution in [-0.4, -0.2) is 20.0 Å². The third kappa shape index (κ3) is 6.10. The Morgan fingerprint density at radius 2 is 1.91 bits per heavy atom. The fourth-order valence-electron chi connectivity index (χ4n) is 3.13. The molecule has 0 aliphatic carbocycles. The van der Waals surface area contributed by atoms with Crippen LogP contribution in [0.4, 0.5) is 8.78 Å². The molecule has 6 nitrogen and oxygen atoms in total. The van der Waals surface area contributed by atoms with Crippen molar-refractivity contribution in [2.24, 2.45) is 0 Å². The summed E-state index contributed by atoms with van der Waals surface area (Å²) in [5, 5.41) is 7.75. The first-order chi connectivity index (χ1) is 15.7. The molecule has 0 amide bonds. The molecule has 0 aliphatic rings. The predicted molar refractivity (Wildman–Crippen MR) is 116 cm³/mol. The van der Waals surface area contributed by atoms with Crippen LogP contribution in [0.1, 0.15) is 35.6 Å². The summed E-state index contributed by atoms with van der Waals surface area (Å²) in [5.74, 6) is -0.208. The highest BCUT2D eigenvalue weighted by molar-refractivity contribution is 5.66. The van der Waals surface area contributed by atoms with Crippen molar-refractivity contribution in [1.29, 1.82) is 0 Å². The fraction of sp³-hybridized carbons (Fsp3) is 0.208. The van der Waals surface area contributed by atoms with Gasteiger partial charge in [0.15, 0.2) is 0 Å². The average Bonchev–Trinajstić information content (AvgIpc) is 3.48. The molecule has 0 atom stereocenters. The lowest BCUT2D eigenvalue weighted by Crippen LogP contribution is -1.99. The zero-order valence-electron chi connectivity index (χ0n) is 17.3. The third-order valence-corrected chi connectivity index (χ3v) is 4.82. The Bertz CT molecular complexity index is 1160. The highest BCUT2D eigenvalue weighted by Gasteiger charge is 2.05. The molecule has 0 radical (unpaired) electrons. The van der Waals surface area contributed by atoms with Crippen LogP contribution in [0.2, 0.25) is 0 Å². The molecule has 0 aliphatic heterocycles. The molecule has 2 aromatic heterocycles. The van der Waals surface area contributed by atoms with Crippen LogP contribution in [0, 0.1) is 11.6 Å². The van der Waals surface area contributed by atoms with Gasteiger partial charge in [-0.2, -0.15) is 0 Å². The van der Waals surface area contributed by atoms with Gasteiger partial charge in [0, 0.05) is 30.4 Å². The smallest absolute Gasteiger partial charge is 0.218 e. The van der Waals surface area contributed by atoms with Crippen LogP contribution >= 0.6 is 0 Å². The van der Waals surface area contributed by atoms with Crippen LogP contribution in [0.25, 0.3) is 12.2 Å². The maximum absolute atomic E-state index is 13.7. The number of hydrogen-bond donors (Lipinski definition) is 0. The molecule has 0 N–H and O–H groups in total. The molecular formula is C24H22F2N4O2. The van der Waals surface area contributed by atoms with Crippen molar-refractivity contribution in [3.63, 3.8) is 0 Å². The molecule has 0 saturated heterocycles. The van der Waals surface area contributed by atoms with Crippen molar-refractivity contribution in [2.45, 2.75) is 32.4 Å². The van der Waals surface area contributed by atoms with E-state index in [1.807, 2.05) is 23.0 Å². The standard InChI is InChI=1S/C24H22F2N4O2/c25-20-8-6-19(23(26)15-20)7-11-24-28-21(17-32-24)16-31-22-9-4-18(5-10-22)3-1-2-13-30-14-12-27-29-30/h4-12,14-15,17H,1-3,13,16H2. The van der Waals surface area contributed by atoms with Crippen LogP contribution in [-0.2, 0) is 19.6 Å². The van der Waals surface area contributed by atoms with Crippen LogP contribution < -0.4 is 4.74 Å². The average molecular weight is 436 g/mol. The van der Waals surface area contributed by atoms with Crippen molar-refractivity contribution >= 4 is 12.2 Å². The van der Waals surface area contributed by atoms with Crippen molar-refractivity contribution < 1.29 is 17.9 Å². The Kier molecular flexibility index (Phi) is 7.01. The molecule has 8 heteroatoms. The molecule has 4 rings (SSSR count). The summed E-state index contributed by atoms with van der Waals surface area (Å²) in [4.78, 5) is 4.29. The molecule has 0 unspecified atom stereocenters. The molecule has 164 valence electrons.